The lowest BCUT2D eigenvalue weighted by Gasteiger charge is -2.29. The third kappa shape index (κ3) is 3.82. The summed E-state index contributed by atoms with van der Waals surface area (Å²) in [5, 5.41) is 12.7. The molecule has 2 amide bonds. The molecular weight excluding hydrogens is 525 g/mol. The number of amides is 2. The Kier molecular flexibility index (Phi) is 5.73. The van der Waals surface area contributed by atoms with Gasteiger partial charge in [0.15, 0.2) is 6.10 Å². The van der Waals surface area contributed by atoms with Crippen LogP contribution in [-0.2, 0) is 14.4 Å². The number of nitrogens with zero attached hydrogens (tertiary/aromatic N) is 3. The first-order valence-corrected chi connectivity index (χ1v) is 11.3. The number of fused-ring (bicyclic) bond motifs is 1. The average Bonchev–Trinajstić information content (AvgIpc) is 3.36. The number of carbonyl (C=O) groups is 2. The largest absolute Gasteiger partial charge is 0.496 e. The van der Waals surface area contributed by atoms with E-state index in [9.17, 15) is 24.1 Å². The molecule has 11 heteroatoms. The van der Waals surface area contributed by atoms with Crippen LogP contribution >= 0.6 is 15.9 Å². The molecular formula is C24H17BrFN3O6. The van der Waals surface area contributed by atoms with E-state index < -0.39 is 40.6 Å². The summed E-state index contributed by atoms with van der Waals surface area (Å²) >= 11 is 3.43. The number of non-ortho nitro benzene ring substituents is 1. The van der Waals surface area contributed by atoms with Crippen LogP contribution in [0.15, 0.2) is 71.2 Å². The van der Waals surface area contributed by atoms with Gasteiger partial charge in [-0.05, 0) is 48.5 Å². The predicted octanol–water partition coefficient (Wildman–Crippen LogP) is 4.56. The first kappa shape index (κ1) is 22.9. The highest BCUT2D eigenvalue weighted by Gasteiger charge is 2.60. The van der Waals surface area contributed by atoms with Crippen LogP contribution < -0.4 is 14.7 Å². The number of nitro groups is 1. The minimum absolute atomic E-state index is 0.172. The van der Waals surface area contributed by atoms with E-state index in [1.54, 1.807) is 24.3 Å². The molecule has 0 aromatic heterocycles. The molecule has 3 atom stereocenters. The number of methoxy groups -OCH3 is 1. The molecule has 2 aliphatic heterocycles. The second kappa shape index (κ2) is 8.75. The molecule has 0 saturated carbocycles. The summed E-state index contributed by atoms with van der Waals surface area (Å²) in [6.45, 7) is 0. The van der Waals surface area contributed by atoms with Crippen molar-refractivity contribution in [2.45, 2.75) is 12.1 Å². The van der Waals surface area contributed by atoms with Crippen molar-refractivity contribution in [2.24, 2.45) is 5.92 Å². The zero-order chi connectivity index (χ0) is 24.9. The van der Waals surface area contributed by atoms with Crippen molar-refractivity contribution in [3.8, 4) is 5.75 Å². The summed E-state index contributed by atoms with van der Waals surface area (Å²) in [5.41, 5.74) is 0.896. The quantitative estimate of drug-likeness (QED) is 0.265. The Morgan fingerprint density at radius 2 is 1.77 bits per heavy atom. The summed E-state index contributed by atoms with van der Waals surface area (Å²) in [5.74, 6) is -2.20. The second-order valence-electron chi connectivity index (χ2n) is 7.97. The van der Waals surface area contributed by atoms with Gasteiger partial charge in [0.05, 0.1) is 29.4 Å². The van der Waals surface area contributed by atoms with Crippen LogP contribution in [0.5, 0.6) is 5.75 Å². The third-order valence-electron chi connectivity index (χ3n) is 6.01. The fourth-order valence-electron chi connectivity index (χ4n) is 4.48. The van der Waals surface area contributed by atoms with Crippen molar-refractivity contribution >= 4 is 44.8 Å². The predicted molar refractivity (Wildman–Crippen MR) is 126 cm³/mol. The van der Waals surface area contributed by atoms with E-state index in [1.807, 2.05) is 0 Å². The smallest absolute Gasteiger partial charge is 0.271 e. The average molecular weight is 542 g/mol. The Balaban J connectivity index is 1.64. The van der Waals surface area contributed by atoms with E-state index in [-0.39, 0.29) is 11.4 Å². The number of carbonyl (C=O) groups excluding carboxylic acids is 2. The first-order chi connectivity index (χ1) is 16.8. The molecule has 2 fully saturated rings. The van der Waals surface area contributed by atoms with Crippen molar-refractivity contribution < 1.29 is 28.5 Å². The van der Waals surface area contributed by atoms with Crippen molar-refractivity contribution in [3.05, 3.63) is 92.7 Å². The van der Waals surface area contributed by atoms with Gasteiger partial charge in [-0.2, -0.15) is 0 Å². The molecule has 0 unspecified atom stereocenters. The maximum Gasteiger partial charge on any atom is 0.271 e. The lowest BCUT2D eigenvalue weighted by molar-refractivity contribution is -0.384. The van der Waals surface area contributed by atoms with Gasteiger partial charge in [-0.3, -0.25) is 24.5 Å². The fraction of sp³-hybridized carbons (Fsp3) is 0.167. The van der Waals surface area contributed by atoms with Gasteiger partial charge >= 0.3 is 0 Å². The topological polar surface area (TPSA) is 102 Å². The number of hydrogen-bond donors (Lipinski definition) is 0. The summed E-state index contributed by atoms with van der Waals surface area (Å²) in [6, 6.07) is 15.1. The van der Waals surface area contributed by atoms with Gasteiger partial charge in [-0.25, -0.2) is 14.4 Å². The Labute approximate surface area is 206 Å². The van der Waals surface area contributed by atoms with Crippen molar-refractivity contribution in [2.75, 3.05) is 17.1 Å². The van der Waals surface area contributed by atoms with Crippen molar-refractivity contribution in [3.63, 3.8) is 0 Å². The highest BCUT2D eigenvalue weighted by atomic mass is 79.9. The third-order valence-corrected chi connectivity index (χ3v) is 6.50. The minimum Gasteiger partial charge on any atom is -0.496 e. The number of hydrogen-bond acceptors (Lipinski definition) is 7. The van der Waals surface area contributed by atoms with Crippen molar-refractivity contribution in [1.29, 1.82) is 0 Å². The van der Waals surface area contributed by atoms with Crippen LogP contribution in [0.2, 0.25) is 0 Å². The monoisotopic (exact) mass is 541 g/mol. The van der Waals surface area contributed by atoms with Gasteiger partial charge in [0.25, 0.3) is 11.6 Å². The molecule has 178 valence electrons. The highest BCUT2D eigenvalue weighted by Crippen LogP contribution is 2.50. The second-order valence-corrected chi connectivity index (χ2v) is 8.89. The van der Waals surface area contributed by atoms with Crippen LogP contribution in [0, 0.1) is 21.8 Å². The lowest BCUT2D eigenvalue weighted by Crippen LogP contribution is -2.37. The van der Waals surface area contributed by atoms with Gasteiger partial charge in [0.2, 0.25) is 5.91 Å². The molecule has 0 spiro atoms. The Bertz CT molecular complexity index is 1350. The van der Waals surface area contributed by atoms with Gasteiger partial charge in [-0.1, -0.05) is 22.0 Å². The Hall–Kier alpha value is -3.83. The lowest BCUT2D eigenvalue weighted by atomic mass is 9.90. The standard InChI is InChI=1S/C24H17BrFN3O6/c1-34-19-10-5-13(25)11-18(19)21-20-22(35-28(21)16-3-2-4-17(12-16)29(32)33)24(31)27(23(20)30)15-8-6-14(26)7-9-15/h2-12,20-22H,1H3/t20-,21-,22-/m1/s1. The molecule has 2 heterocycles. The molecule has 2 aliphatic rings. The SMILES string of the molecule is COc1ccc(Br)cc1[C@@H]1[C@H]2C(=O)N(c3ccc(F)cc3)C(=O)[C@@H]2ON1c1cccc([N+](=O)[O-])c1. The molecule has 9 nitrogen and oxygen atoms in total. The molecule has 3 aromatic rings. The number of halogens is 2. The number of rotatable bonds is 5. The van der Waals surface area contributed by atoms with Crippen LogP contribution in [0.3, 0.4) is 0 Å². The van der Waals surface area contributed by atoms with Gasteiger partial charge < -0.3 is 4.74 Å². The van der Waals surface area contributed by atoms with E-state index in [2.05, 4.69) is 15.9 Å². The van der Waals surface area contributed by atoms with Crippen LogP contribution in [0.4, 0.5) is 21.5 Å². The van der Waals surface area contributed by atoms with E-state index in [0.29, 0.717) is 21.5 Å². The van der Waals surface area contributed by atoms with E-state index in [1.165, 1.54) is 42.5 Å². The van der Waals surface area contributed by atoms with Crippen LogP contribution in [-0.4, -0.2) is 30.0 Å². The molecule has 0 radical (unpaired) electrons. The van der Waals surface area contributed by atoms with E-state index in [0.717, 1.165) is 17.0 Å². The number of ether oxygens (including phenoxy) is 1. The minimum atomic E-state index is -1.19. The number of hydroxylamine groups is 1. The van der Waals surface area contributed by atoms with E-state index >= 15 is 0 Å². The number of imide groups is 1. The highest BCUT2D eigenvalue weighted by molar-refractivity contribution is 9.10. The zero-order valence-electron chi connectivity index (χ0n) is 18.1. The van der Waals surface area contributed by atoms with E-state index in [4.69, 9.17) is 9.57 Å². The molecule has 0 bridgehead atoms. The maximum absolute atomic E-state index is 13.6. The van der Waals surface area contributed by atoms with Gasteiger partial charge in [-0.15, -0.1) is 0 Å². The van der Waals surface area contributed by atoms with Crippen LogP contribution in [0.1, 0.15) is 11.6 Å². The number of anilines is 2. The summed E-state index contributed by atoms with van der Waals surface area (Å²) in [6.07, 6.45) is -1.19. The molecule has 35 heavy (non-hydrogen) atoms. The molecule has 2 saturated heterocycles. The normalized spacial score (nSPS) is 21.4. The van der Waals surface area contributed by atoms with Crippen molar-refractivity contribution in [1.82, 2.24) is 0 Å². The molecule has 5 rings (SSSR count). The number of nitro benzene ring substituents is 1. The summed E-state index contributed by atoms with van der Waals surface area (Å²) in [4.78, 5) is 44.8. The Morgan fingerprint density at radius 3 is 2.46 bits per heavy atom. The van der Waals surface area contributed by atoms with Crippen LogP contribution in [0.25, 0.3) is 0 Å². The van der Waals surface area contributed by atoms with Gasteiger partial charge in [0.1, 0.15) is 17.5 Å². The Morgan fingerprint density at radius 1 is 1.03 bits per heavy atom. The summed E-state index contributed by atoms with van der Waals surface area (Å²) in [7, 11) is 1.48. The van der Waals surface area contributed by atoms with Gasteiger partial charge in [0, 0.05) is 22.2 Å². The zero-order valence-corrected chi connectivity index (χ0v) is 19.7. The maximum atomic E-state index is 13.6. The molecule has 3 aromatic carbocycles. The first-order valence-electron chi connectivity index (χ1n) is 10.5. The molecule has 0 N–H and O–H groups in total. The number of benzene rings is 3. The molecule has 0 aliphatic carbocycles. The fourth-order valence-corrected chi connectivity index (χ4v) is 4.86. The summed E-state index contributed by atoms with van der Waals surface area (Å²) < 4.78 is 19.7.